The first-order valence-corrected chi connectivity index (χ1v) is 11.6. The van der Waals surface area contributed by atoms with E-state index in [1.165, 1.54) is 0 Å². The number of fused-ring (bicyclic) bond motifs is 1. The van der Waals surface area contributed by atoms with Gasteiger partial charge < -0.3 is 24.6 Å². The average molecular weight is 460 g/mol. The fourth-order valence-electron chi connectivity index (χ4n) is 4.94. The lowest BCUT2D eigenvalue weighted by molar-refractivity contribution is -0.157. The minimum Gasteiger partial charge on any atom is -0.388 e. The zero-order valence-corrected chi connectivity index (χ0v) is 19.3. The van der Waals surface area contributed by atoms with E-state index in [0.29, 0.717) is 0 Å². The molecule has 2 heterocycles. The molecule has 5 rings (SSSR count). The third-order valence-corrected chi connectivity index (χ3v) is 6.48. The van der Waals surface area contributed by atoms with Gasteiger partial charge in [0.25, 0.3) is 5.91 Å². The van der Waals surface area contributed by atoms with Crippen molar-refractivity contribution in [2.45, 2.75) is 49.6 Å². The van der Waals surface area contributed by atoms with Gasteiger partial charge in [-0.3, -0.25) is 4.79 Å². The standard InChI is InChI=1S/C28H29NO5/c1-27(2)33-24-23(30)22(29-26(31)25(24)34-27)18-32-28(19-12-6-3-7-13-19,20-14-8-4-9-15-20)21-16-10-5-11-17-21/h3-17,22-25,30H,18H2,1-2H3,(H,29,31)/t22-,23-,24+,25+/m0/s1. The second-order valence-electron chi connectivity index (χ2n) is 9.22. The van der Waals surface area contributed by atoms with Crippen LogP contribution in [0.3, 0.4) is 0 Å². The molecular formula is C28H29NO5. The largest absolute Gasteiger partial charge is 0.388 e. The van der Waals surface area contributed by atoms with Crippen molar-refractivity contribution in [3.8, 4) is 0 Å². The number of carbonyl (C=O) groups is 1. The number of amides is 1. The Labute approximate surface area is 199 Å². The van der Waals surface area contributed by atoms with Gasteiger partial charge in [-0.2, -0.15) is 0 Å². The Kier molecular flexibility index (Phi) is 6.00. The molecule has 0 aliphatic carbocycles. The molecule has 2 saturated heterocycles. The molecule has 2 fully saturated rings. The van der Waals surface area contributed by atoms with Gasteiger partial charge in [0.1, 0.15) is 17.8 Å². The smallest absolute Gasteiger partial charge is 0.252 e. The lowest BCUT2D eigenvalue weighted by Crippen LogP contribution is -2.63. The normalized spacial score (nSPS) is 26.0. The van der Waals surface area contributed by atoms with Crippen molar-refractivity contribution < 1.29 is 24.1 Å². The number of nitrogens with one attached hydrogen (secondary N) is 1. The fraction of sp³-hybridized carbons (Fsp3) is 0.321. The van der Waals surface area contributed by atoms with Crippen molar-refractivity contribution in [1.82, 2.24) is 5.32 Å². The Hall–Kier alpha value is -3.03. The highest BCUT2D eigenvalue weighted by molar-refractivity contribution is 5.83. The summed E-state index contributed by atoms with van der Waals surface area (Å²) < 4.78 is 18.3. The van der Waals surface area contributed by atoms with E-state index in [1.807, 2.05) is 91.0 Å². The number of piperidine rings is 1. The van der Waals surface area contributed by atoms with Gasteiger partial charge in [0.2, 0.25) is 0 Å². The Morgan fingerprint density at radius 1 is 0.853 bits per heavy atom. The van der Waals surface area contributed by atoms with Crippen LogP contribution >= 0.6 is 0 Å². The molecule has 2 aliphatic rings. The SMILES string of the molecule is CC1(C)O[C@@H]2[C@@H](O)[C@H](COC(c3ccccc3)(c3ccccc3)c3ccccc3)NC(=O)[C@@H]2O1. The predicted octanol–water partition coefficient (Wildman–Crippen LogP) is 3.37. The Bertz CT molecular complexity index is 1020. The van der Waals surface area contributed by atoms with Crippen LogP contribution < -0.4 is 5.32 Å². The van der Waals surface area contributed by atoms with Crippen LogP contribution in [0.5, 0.6) is 0 Å². The maximum absolute atomic E-state index is 12.8. The minimum atomic E-state index is -0.982. The molecule has 0 aromatic heterocycles. The van der Waals surface area contributed by atoms with Crippen molar-refractivity contribution in [2.24, 2.45) is 0 Å². The molecule has 3 aromatic carbocycles. The molecular weight excluding hydrogens is 430 g/mol. The number of carbonyl (C=O) groups excluding carboxylic acids is 1. The number of aliphatic hydroxyl groups is 1. The topological polar surface area (TPSA) is 77.0 Å². The highest BCUT2D eigenvalue weighted by Gasteiger charge is 2.54. The summed E-state index contributed by atoms with van der Waals surface area (Å²) in [5.41, 5.74) is 1.90. The Balaban J connectivity index is 1.53. The first-order valence-electron chi connectivity index (χ1n) is 11.6. The third-order valence-electron chi connectivity index (χ3n) is 6.48. The van der Waals surface area contributed by atoms with Gasteiger partial charge in [-0.05, 0) is 30.5 Å². The van der Waals surface area contributed by atoms with Gasteiger partial charge in [-0.15, -0.1) is 0 Å². The van der Waals surface area contributed by atoms with E-state index in [2.05, 4.69) is 5.32 Å². The highest BCUT2D eigenvalue weighted by Crippen LogP contribution is 2.41. The molecule has 2 N–H and O–H groups in total. The Morgan fingerprint density at radius 2 is 1.32 bits per heavy atom. The van der Waals surface area contributed by atoms with Crippen molar-refractivity contribution >= 4 is 5.91 Å². The summed E-state index contributed by atoms with van der Waals surface area (Å²) in [6.45, 7) is 3.54. The summed E-state index contributed by atoms with van der Waals surface area (Å²) in [5, 5.41) is 14.0. The van der Waals surface area contributed by atoms with E-state index in [-0.39, 0.29) is 12.5 Å². The lowest BCUT2D eigenvalue weighted by Gasteiger charge is -2.40. The molecule has 176 valence electrons. The molecule has 6 nitrogen and oxygen atoms in total. The number of benzene rings is 3. The first-order chi connectivity index (χ1) is 16.4. The van der Waals surface area contributed by atoms with E-state index in [1.54, 1.807) is 13.8 Å². The summed E-state index contributed by atoms with van der Waals surface area (Å²) >= 11 is 0. The minimum absolute atomic E-state index is 0.0681. The molecule has 0 radical (unpaired) electrons. The summed E-state index contributed by atoms with van der Waals surface area (Å²) in [7, 11) is 0. The summed E-state index contributed by atoms with van der Waals surface area (Å²) in [5.74, 6) is -1.25. The van der Waals surface area contributed by atoms with E-state index < -0.39 is 35.7 Å². The van der Waals surface area contributed by atoms with Gasteiger partial charge in [0.15, 0.2) is 11.9 Å². The quantitative estimate of drug-likeness (QED) is 0.553. The summed E-state index contributed by atoms with van der Waals surface area (Å²) in [6.07, 6.45) is -2.58. The lowest BCUT2D eigenvalue weighted by atomic mass is 9.80. The number of hydrogen-bond donors (Lipinski definition) is 2. The van der Waals surface area contributed by atoms with Crippen LogP contribution in [-0.4, -0.2) is 47.8 Å². The second-order valence-corrected chi connectivity index (χ2v) is 9.22. The number of rotatable bonds is 6. The monoisotopic (exact) mass is 459 g/mol. The molecule has 34 heavy (non-hydrogen) atoms. The zero-order valence-electron chi connectivity index (χ0n) is 19.3. The van der Waals surface area contributed by atoms with Crippen molar-refractivity contribution in [3.63, 3.8) is 0 Å². The average Bonchev–Trinajstić information content (AvgIpc) is 3.21. The van der Waals surface area contributed by atoms with E-state index in [0.717, 1.165) is 16.7 Å². The van der Waals surface area contributed by atoms with Gasteiger partial charge in [-0.1, -0.05) is 91.0 Å². The Morgan fingerprint density at radius 3 is 1.79 bits per heavy atom. The zero-order chi connectivity index (χ0) is 23.8. The summed E-state index contributed by atoms with van der Waals surface area (Å²) in [4.78, 5) is 12.8. The molecule has 0 bridgehead atoms. The highest BCUT2D eigenvalue weighted by atomic mass is 16.8. The van der Waals surface area contributed by atoms with Crippen LogP contribution in [0.2, 0.25) is 0 Å². The van der Waals surface area contributed by atoms with Crippen LogP contribution in [0.1, 0.15) is 30.5 Å². The number of ether oxygens (including phenoxy) is 3. The van der Waals surface area contributed by atoms with Gasteiger partial charge >= 0.3 is 0 Å². The van der Waals surface area contributed by atoms with Crippen LogP contribution in [0.25, 0.3) is 0 Å². The predicted molar refractivity (Wildman–Crippen MR) is 127 cm³/mol. The van der Waals surface area contributed by atoms with Crippen molar-refractivity contribution in [2.75, 3.05) is 6.61 Å². The van der Waals surface area contributed by atoms with E-state index >= 15 is 0 Å². The number of aliphatic hydroxyl groups excluding tert-OH is 1. The maximum Gasteiger partial charge on any atom is 0.252 e. The van der Waals surface area contributed by atoms with Crippen LogP contribution in [0, 0.1) is 0 Å². The van der Waals surface area contributed by atoms with E-state index in [4.69, 9.17) is 14.2 Å². The van der Waals surface area contributed by atoms with Crippen LogP contribution in [-0.2, 0) is 24.6 Å². The molecule has 1 amide bonds. The molecule has 0 unspecified atom stereocenters. The molecule has 0 saturated carbocycles. The second kappa shape index (κ2) is 8.96. The fourth-order valence-corrected chi connectivity index (χ4v) is 4.94. The van der Waals surface area contributed by atoms with Crippen LogP contribution in [0.4, 0.5) is 0 Å². The molecule has 6 heteroatoms. The van der Waals surface area contributed by atoms with E-state index in [9.17, 15) is 9.90 Å². The van der Waals surface area contributed by atoms with Gasteiger partial charge in [0.05, 0.1) is 12.6 Å². The molecule has 3 aromatic rings. The van der Waals surface area contributed by atoms with Gasteiger partial charge in [0, 0.05) is 0 Å². The molecule has 2 aliphatic heterocycles. The van der Waals surface area contributed by atoms with Crippen molar-refractivity contribution in [1.29, 1.82) is 0 Å². The van der Waals surface area contributed by atoms with Gasteiger partial charge in [-0.25, -0.2) is 0 Å². The third kappa shape index (κ3) is 4.03. The van der Waals surface area contributed by atoms with Crippen LogP contribution in [0.15, 0.2) is 91.0 Å². The molecule has 0 spiro atoms. The van der Waals surface area contributed by atoms with Crippen molar-refractivity contribution in [3.05, 3.63) is 108 Å². The molecule has 4 atom stereocenters. The number of hydrogen-bond acceptors (Lipinski definition) is 5. The maximum atomic E-state index is 12.8. The summed E-state index contributed by atoms with van der Waals surface area (Å²) in [6, 6.07) is 29.3. The first kappa shape index (κ1) is 22.7.